The molecule has 0 saturated carbocycles. The van der Waals surface area contributed by atoms with Gasteiger partial charge >= 0.3 is 6.18 Å². The van der Waals surface area contributed by atoms with Crippen molar-refractivity contribution in [3.63, 3.8) is 0 Å². The summed E-state index contributed by atoms with van der Waals surface area (Å²) in [6, 6.07) is 2.04. The Morgan fingerprint density at radius 1 is 1.04 bits per heavy atom. The molecule has 1 N–H and O–H groups in total. The summed E-state index contributed by atoms with van der Waals surface area (Å²) in [5, 5.41) is 3.62. The summed E-state index contributed by atoms with van der Waals surface area (Å²) in [6.07, 6.45) is -5.32. The van der Waals surface area contributed by atoms with E-state index in [1.807, 2.05) is 0 Å². The van der Waals surface area contributed by atoms with Gasteiger partial charge in [-0.2, -0.15) is 13.2 Å². The van der Waals surface area contributed by atoms with Gasteiger partial charge in [0.05, 0.1) is 16.5 Å². The first kappa shape index (κ1) is 23.4. The lowest BCUT2D eigenvalue weighted by molar-refractivity contribution is -0.148. The zero-order chi connectivity index (χ0) is 15.6. The van der Waals surface area contributed by atoms with Crippen LogP contribution >= 0.6 is 59.6 Å². The molecule has 0 aromatic heterocycles. The van der Waals surface area contributed by atoms with Crippen LogP contribution < -0.4 is 5.32 Å². The number of alkyl halides is 3. The van der Waals surface area contributed by atoms with E-state index in [0.29, 0.717) is 26.2 Å². The Morgan fingerprint density at radius 3 is 2.09 bits per heavy atom. The van der Waals surface area contributed by atoms with Gasteiger partial charge in [-0.25, -0.2) is 0 Å². The minimum Gasteiger partial charge on any atom is -0.314 e. The van der Waals surface area contributed by atoms with Gasteiger partial charge in [0, 0.05) is 42.8 Å². The number of nitrogens with zero attached hydrogens (tertiary/aromatic N) is 1. The van der Waals surface area contributed by atoms with E-state index in [9.17, 15) is 13.2 Å². The average Bonchev–Trinajstić information content (AvgIpc) is 2.42. The molecule has 2 nitrogen and oxygen atoms in total. The normalized spacial score (nSPS) is 17.1. The fourth-order valence-corrected chi connectivity index (χ4v) is 3.26. The molecule has 1 aromatic carbocycles. The van der Waals surface area contributed by atoms with Crippen LogP contribution in [-0.2, 0) is 0 Å². The highest BCUT2D eigenvalue weighted by Crippen LogP contribution is 2.42. The first-order valence-electron chi connectivity index (χ1n) is 6.44. The molecule has 1 saturated heterocycles. The minimum atomic E-state index is -4.31. The number of nitrogens with one attached hydrogen (secondary N) is 1. The summed E-state index contributed by atoms with van der Waals surface area (Å²) in [5.74, 6) is 0. The number of benzene rings is 1. The molecule has 10 heteroatoms. The summed E-state index contributed by atoms with van der Waals surface area (Å²) in [4.78, 5) is 1.74. The monoisotopic (exact) mass is 432 g/mol. The van der Waals surface area contributed by atoms with Crippen molar-refractivity contribution < 1.29 is 13.2 Å². The highest BCUT2D eigenvalue weighted by molar-refractivity contribution is 6.44. The zero-order valence-electron chi connectivity index (χ0n) is 11.8. The van der Waals surface area contributed by atoms with E-state index in [4.69, 9.17) is 34.8 Å². The Hall–Kier alpha value is 0.380. The Morgan fingerprint density at radius 2 is 1.57 bits per heavy atom. The standard InChI is InChI=1S/C13H14Cl3F3N2.2ClH/c14-8-1-2-9(15)12(16)11(8)10(7-13(17,18)19)21-5-3-20-4-6-21;;/h1-2,10,20H,3-7H2;2*1H/t10-;;/m0../s1. The molecule has 0 radical (unpaired) electrons. The van der Waals surface area contributed by atoms with Crippen molar-refractivity contribution in [2.45, 2.75) is 18.6 Å². The third-order valence-corrected chi connectivity index (χ3v) is 4.58. The van der Waals surface area contributed by atoms with Crippen LogP contribution in [0.25, 0.3) is 0 Å². The van der Waals surface area contributed by atoms with Crippen LogP contribution in [-0.4, -0.2) is 37.3 Å². The number of halogens is 8. The molecule has 1 atom stereocenters. The van der Waals surface area contributed by atoms with Crippen LogP contribution in [0.15, 0.2) is 12.1 Å². The fraction of sp³-hybridized carbons (Fsp3) is 0.538. The highest BCUT2D eigenvalue weighted by Gasteiger charge is 2.38. The molecule has 1 heterocycles. The lowest BCUT2D eigenvalue weighted by atomic mass is 10.0. The molecule has 1 fully saturated rings. The number of hydrogen-bond acceptors (Lipinski definition) is 2. The van der Waals surface area contributed by atoms with E-state index >= 15 is 0 Å². The predicted molar refractivity (Wildman–Crippen MR) is 93.8 cm³/mol. The van der Waals surface area contributed by atoms with Gasteiger partial charge in [0.2, 0.25) is 0 Å². The van der Waals surface area contributed by atoms with Gasteiger partial charge < -0.3 is 5.32 Å². The maximum Gasteiger partial charge on any atom is 0.390 e. The molecule has 1 aliphatic rings. The van der Waals surface area contributed by atoms with Crippen molar-refractivity contribution in [2.75, 3.05) is 26.2 Å². The van der Waals surface area contributed by atoms with Crippen molar-refractivity contribution in [1.29, 1.82) is 0 Å². The van der Waals surface area contributed by atoms with E-state index in [1.165, 1.54) is 12.1 Å². The van der Waals surface area contributed by atoms with Crippen LogP contribution in [0.1, 0.15) is 18.0 Å². The van der Waals surface area contributed by atoms with Crippen LogP contribution in [0.2, 0.25) is 15.1 Å². The van der Waals surface area contributed by atoms with Crippen molar-refractivity contribution in [3.8, 4) is 0 Å². The maximum atomic E-state index is 12.9. The molecule has 0 aliphatic carbocycles. The number of piperazine rings is 1. The van der Waals surface area contributed by atoms with Gasteiger partial charge in [-0.3, -0.25) is 4.90 Å². The second kappa shape index (κ2) is 9.76. The Labute approximate surface area is 160 Å². The molecule has 23 heavy (non-hydrogen) atoms. The topological polar surface area (TPSA) is 15.3 Å². The van der Waals surface area contributed by atoms with Crippen LogP contribution in [0.3, 0.4) is 0 Å². The lowest BCUT2D eigenvalue weighted by Gasteiger charge is -2.36. The summed E-state index contributed by atoms with van der Waals surface area (Å²) in [7, 11) is 0. The molecule has 0 unspecified atom stereocenters. The smallest absolute Gasteiger partial charge is 0.314 e. The van der Waals surface area contributed by atoms with Crippen molar-refractivity contribution >= 4 is 59.6 Å². The predicted octanol–water partition coefficient (Wildman–Crippen LogP) is 5.39. The van der Waals surface area contributed by atoms with Crippen LogP contribution in [0.4, 0.5) is 13.2 Å². The van der Waals surface area contributed by atoms with E-state index < -0.39 is 18.6 Å². The zero-order valence-corrected chi connectivity index (χ0v) is 15.7. The van der Waals surface area contributed by atoms with E-state index in [0.717, 1.165) is 0 Å². The largest absolute Gasteiger partial charge is 0.390 e. The lowest BCUT2D eigenvalue weighted by Crippen LogP contribution is -2.46. The summed E-state index contributed by atoms with van der Waals surface area (Å²) in [6.45, 7) is 2.26. The van der Waals surface area contributed by atoms with Gasteiger partial charge in [-0.05, 0) is 12.1 Å². The Balaban J connectivity index is 0.00000242. The molecule has 0 amide bonds. The molecular weight excluding hydrogens is 418 g/mol. The second-order valence-corrected chi connectivity index (χ2v) is 6.07. The molecular formula is C13H16Cl5F3N2. The molecule has 0 bridgehead atoms. The van der Waals surface area contributed by atoms with Gasteiger partial charge in [-0.1, -0.05) is 34.8 Å². The highest BCUT2D eigenvalue weighted by atomic mass is 35.5. The number of rotatable bonds is 3. The molecule has 134 valence electrons. The Kier molecular flexibility index (Phi) is 9.92. The summed E-state index contributed by atoms with van der Waals surface area (Å²) >= 11 is 18.1. The minimum absolute atomic E-state index is 0. The van der Waals surface area contributed by atoms with E-state index in [-0.39, 0.29) is 45.4 Å². The third kappa shape index (κ3) is 6.31. The van der Waals surface area contributed by atoms with Crippen molar-refractivity contribution in [2.24, 2.45) is 0 Å². The third-order valence-electron chi connectivity index (χ3n) is 3.43. The molecule has 1 aliphatic heterocycles. The summed E-state index contributed by atoms with van der Waals surface area (Å²) < 4.78 is 38.8. The van der Waals surface area contributed by atoms with Crippen molar-refractivity contribution in [3.05, 3.63) is 32.8 Å². The average molecular weight is 435 g/mol. The number of hydrogen-bond donors (Lipinski definition) is 1. The second-order valence-electron chi connectivity index (χ2n) is 4.88. The molecule has 0 spiro atoms. The van der Waals surface area contributed by atoms with Gasteiger partial charge in [-0.15, -0.1) is 24.8 Å². The van der Waals surface area contributed by atoms with Crippen LogP contribution in [0, 0.1) is 0 Å². The SMILES string of the molecule is Cl.Cl.FC(F)(F)C[C@@H](c1c(Cl)ccc(Cl)c1Cl)N1CCNCC1. The maximum absolute atomic E-state index is 12.9. The van der Waals surface area contributed by atoms with Crippen LogP contribution in [0.5, 0.6) is 0 Å². The molecule has 1 aromatic rings. The van der Waals surface area contributed by atoms with E-state index in [2.05, 4.69) is 5.32 Å². The first-order valence-corrected chi connectivity index (χ1v) is 7.58. The quantitative estimate of drug-likeness (QED) is 0.642. The van der Waals surface area contributed by atoms with E-state index in [1.54, 1.807) is 4.90 Å². The van der Waals surface area contributed by atoms with Gasteiger partial charge in [0.25, 0.3) is 0 Å². The molecule has 2 rings (SSSR count). The van der Waals surface area contributed by atoms with Crippen molar-refractivity contribution in [1.82, 2.24) is 10.2 Å². The first-order chi connectivity index (χ1) is 9.79. The Bertz CT molecular complexity index is 507. The van der Waals surface area contributed by atoms with Gasteiger partial charge in [0.1, 0.15) is 0 Å². The van der Waals surface area contributed by atoms with Gasteiger partial charge in [0.15, 0.2) is 0 Å². The fourth-order valence-electron chi connectivity index (χ4n) is 2.47. The summed E-state index contributed by atoms with van der Waals surface area (Å²) in [5.41, 5.74) is 0.255.